The van der Waals surface area contributed by atoms with Gasteiger partial charge in [0.1, 0.15) is 17.5 Å². The molecule has 1 amide bonds. The molecular formula is C16H16FN3O. The van der Waals surface area contributed by atoms with Gasteiger partial charge in [-0.2, -0.15) is 0 Å². The van der Waals surface area contributed by atoms with Crippen molar-refractivity contribution in [3.63, 3.8) is 0 Å². The van der Waals surface area contributed by atoms with Gasteiger partial charge in [0.05, 0.1) is 5.69 Å². The van der Waals surface area contributed by atoms with Crippen LogP contribution in [0.15, 0.2) is 24.3 Å². The predicted molar refractivity (Wildman–Crippen MR) is 76.7 cm³/mol. The molecule has 21 heavy (non-hydrogen) atoms. The van der Waals surface area contributed by atoms with E-state index in [1.54, 1.807) is 18.2 Å². The number of halogens is 1. The highest BCUT2D eigenvalue weighted by atomic mass is 19.1. The molecule has 2 aliphatic rings. The van der Waals surface area contributed by atoms with Gasteiger partial charge in [0.15, 0.2) is 0 Å². The monoisotopic (exact) mass is 285 g/mol. The number of rotatable bonds is 1. The second-order valence-corrected chi connectivity index (χ2v) is 5.70. The van der Waals surface area contributed by atoms with Gasteiger partial charge < -0.3 is 9.88 Å². The van der Waals surface area contributed by atoms with Crippen molar-refractivity contribution in [2.75, 3.05) is 5.32 Å². The molecule has 1 atom stereocenters. The second-order valence-electron chi connectivity index (χ2n) is 5.70. The number of nitrogens with zero attached hydrogens (tertiary/aromatic N) is 2. The molecule has 0 aliphatic carbocycles. The number of carbonyl (C=O) groups excluding carboxylic acids is 1. The van der Waals surface area contributed by atoms with E-state index in [1.807, 2.05) is 0 Å². The van der Waals surface area contributed by atoms with Crippen LogP contribution in [0.2, 0.25) is 0 Å². The molecule has 2 aliphatic heterocycles. The summed E-state index contributed by atoms with van der Waals surface area (Å²) in [5.74, 6) is 1.16. The first-order valence-electron chi connectivity index (χ1n) is 7.37. The van der Waals surface area contributed by atoms with E-state index in [9.17, 15) is 9.18 Å². The molecule has 0 bridgehead atoms. The van der Waals surface area contributed by atoms with Crippen LogP contribution in [0.1, 0.15) is 42.3 Å². The first-order chi connectivity index (χ1) is 10.2. The lowest BCUT2D eigenvalue weighted by molar-refractivity contribution is -0.116. The van der Waals surface area contributed by atoms with Crippen molar-refractivity contribution in [3.8, 4) is 0 Å². The maximum absolute atomic E-state index is 14.1. The molecule has 0 radical (unpaired) electrons. The van der Waals surface area contributed by atoms with Gasteiger partial charge in [0.25, 0.3) is 0 Å². The molecule has 0 saturated heterocycles. The third-order valence-corrected chi connectivity index (χ3v) is 4.36. The molecular weight excluding hydrogens is 269 g/mol. The number of aryl methyl sites for hydroxylation is 1. The van der Waals surface area contributed by atoms with Crippen LogP contribution in [0.5, 0.6) is 0 Å². The van der Waals surface area contributed by atoms with Gasteiger partial charge in [-0.3, -0.25) is 4.79 Å². The van der Waals surface area contributed by atoms with E-state index in [2.05, 4.69) is 9.88 Å². The van der Waals surface area contributed by atoms with Crippen LogP contribution >= 0.6 is 0 Å². The summed E-state index contributed by atoms with van der Waals surface area (Å²) < 4.78 is 16.2. The second kappa shape index (κ2) is 4.69. The number of hydrogen-bond acceptors (Lipinski definition) is 2. The van der Waals surface area contributed by atoms with Gasteiger partial charge in [-0.25, -0.2) is 9.37 Å². The number of carbonyl (C=O) groups is 1. The van der Waals surface area contributed by atoms with E-state index in [0.29, 0.717) is 5.56 Å². The summed E-state index contributed by atoms with van der Waals surface area (Å²) >= 11 is 0. The molecule has 1 unspecified atom stereocenters. The van der Waals surface area contributed by atoms with E-state index in [4.69, 9.17) is 4.98 Å². The fourth-order valence-corrected chi connectivity index (χ4v) is 3.36. The molecule has 4 nitrogen and oxygen atoms in total. The van der Waals surface area contributed by atoms with Crippen molar-refractivity contribution >= 4 is 11.7 Å². The summed E-state index contributed by atoms with van der Waals surface area (Å²) in [6.45, 7) is 0.877. The number of aromatic nitrogens is 2. The molecule has 1 aromatic heterocycles. The minimum absolute atomic E-state index is 0.0657. The molecule has 108 valence electrons. The Hall–Kier alpha value is -2.17. The quantitative estimate of drug-likeness (QED) is 0.875. The normalized spacial score (nSPS) is 20.6. The zero-order valence-electron chi connectivity index (χ0n) is 11.6. The lowest BCUT2D eigenvalue weighted by Gasteiger charge is -2.24. The summed E-state index contributed by atoms with van der Waals surface area (Å²) in [5, 5.41) is 2.93. The topological polar surface area (TPSA) is 46.9 Å². The number of nitrogens with one attached hydrogen (secondary N) is 1. The number of anilines is 1. The Morgan fingerprint density at radius 3 is 3.00 bits per heavy atom. The number of fused-ring (bicyclic) bond motifs is 3. The Balaban J connectivity index is 1.87. The van der Waals surface area contributed by atoms with Gasteiger partial charge in [-0.1, -0.05) is 18.2 Å². The molecule has 1 aromatic carbocycles. The Kier molecular flexibility index (Phi) is 2.80. The number of imidazole rings is 1. The zero-order valence-corrected chi connectivity index (χ0v) is 11.6. The first kappa shape index (κ1) is 12.6. The van der Waals surface area contributed by atoms with E-state index >= 15 is 0 Å². The van der Waals surface area contributed by atoms with Crippen LogP contribution in [0.3, 0.4) is 0 Å². The average Bonchev–Trinajstić information content (AvgIpc) is 2.86. The highest BCUT2D eigenvalue weighted by molar-refractivity contribution is 5.94. The molecule has 0 fully saturated rings. The van der Waals surface area contributed by atoms with Crippen molar-refractivity contribution in [1.82, 2.24) is 9.55 Å². The lowest BCUT2D eigenvalue weighted by atomic mass is 9.89. The Bertz CT molecular complexity index is 722. The Morgan fingerprint density at radius 1 is 1.29 bits per heavy atom. The van der Waals surface area contributed by atoms with Crippen molar-refractivity contribution in [2.24, 2.45) is 0 Å². The fourth-order valence-electron chi connectivity index (χ4n) is 3.36. The van der Waals surface area contributed by atoms with Crippen LogP contribution in [-0.2, 0) is 17.8 Å². The fraction of sp³-hybridized carbons (Fsp3) is 0.375. The van der Waals surface area contributed by atoms with Gasteiger partial charge in [-0.05, 0) is 24.5 Å². The summed E-state index contributed by atoms with van der Waals surface area (Å²) in [5.41, 5.74) is 1.38. The average molecular weight is 285 g/mol. The Morgan fingerprint density at radius 2 is 2.14 bits per heavy atom. The molecule has 0 spiro atoms. The van der Waals surface area contributed by atoms with Crippen LogP contribution < -0.4 is 5.32 Å². The number of amides is 1. The number of benzene rings is 1. The molecule has 5 heteroatoms. The third-order valence-electron chi connectivity index (χ3n) is 4.36. The summed E-state index contributed by atoms with van der Waals surface area (Å²) in [6.07, 6.45) is 3.39. The van der Waals surface area contributed by atoms with Gasteiger partial charge in [-0.15, -0.1) is 0 Å². The lowest BCUT2D eigenvalue weighted by Crippen LogP contribution is -2.26. The molecule has 4 rings (SSSR count). The number of hydrogen-bond donors (Lipinski definition) is 1. The SMILES string of the molecule is O=C1CC(c2ccccc2F)c2nc3n(c2N1)CCCC3. The van der Waals surface area contributed by atoms with Gasteiger partial charge >= 0.3 is 0 Å². The summed E-state index contributed by atoms with van der Waals surface area (Å²) in [6, 6.07) is 6.67. The summed E-state index contributed by atoms with van der Waals surface area (Å²) in [7, 11) is 0. The highest BCUT2D eigenvalue weighted by Crippen LogP contribution is 2.39. The minimum atomic E-state index is -0.284. The maximum Gasteiger partial charge on any atom is 0.226 e. The van der Waals surface area contributed by atoms with E-state index in [0.717, 1.165) is 43.1 Å². The summed E-state index contributed by atoms with van der Waals surface area (Å²) in [4.78, 5) is 16.7. The van der Waals surface area contributed by atoms with Crippen LogP contribution in [0.4, 0.5) is 10.2 Å². The van der Waals surface area contributed by atoms with Crippen molar-refractivity contribution < 1.29 is 9.18 Å². The van der Waals surface area contributed by atoms with Gasteiger partial charge in [0, 0.05) is 25.3 Å². The van der Waals surface area contributed by atoms with Crippen molar-refractivity contribution in [3.05, 3.63) is 47.2 Å². The van der Waals surface area contributed by atoms with E-state index < -0.39 is 0 Å². The Labute approximate surface area is 122 Å². The largest absolute Gasteiger partial charge is 0.314 e. The van der Waals surface area contributed by atoms with E-state index in [1.165, 1.54) is 6.07 Å². The molecule has 3 heterocycles. The van der Waals surface area contributed by atoms with Crippen LogP contribution in [0.25, 0.3) is 0 Å². The standard InChI is InChI=1S/C16H16FN3O/c17-12-6-2-1-5-10(12)11-9-14(21)19-16-15(11)18-13-7-3-4-8-20(13)16/h1-2,5-6,11H,3-4,7-9H2,(H,19,21). The van der Waals surface area contributed by atoms with E-state index in [-0.39, 0.29) is 24.1 Å². The van der Waals surface area contributed by atoms with Crippen LogP contribution in [0, 0.1) is 5.82 Å². The zero-order chi connectivity index (χ0) is 14.4. The van der Waals surface area contributed by atoms with Gasteiger partial charge in [0.2, 0.25) is 5.91 Å². The van der Waals surface area contributed by atoms with Crippen molar-refractivity contribution in [1.29, 1.82) is 0 Å². The van der Waals surface area contributed by atoms with Crippen molar-refractivity contribution in [2.45, 2.75) is 38.1 Å². The highest BCUT2D eigenvalue weighted by Gasteiger charge is 2.34. The smallest absolute Gasteiger partial charge is 0.226 e. The first-order valence-corrected chi connectivity index (χ1v) is 7.37. The van der Waals surface area contributed by atoms with Crippen LogP contribution in [-0.4, -0.2) is 15.5 Å². The predicted octanol–water partition coefficient (Wildman–Crippen LogP) is 2.83. The minimum Gasteiger partial charge on any atom is -0.314 e. The molecule has 1 N–H and O–H groups in total. The maximum atomic E-state index is 14.1. The molecule has 0 saturated carbocycles. The molecule has 2 aromatic rings. The third kappa shape index (κ3) is 1.95.